The Hall–Kier alpha value is -3.15. The molecule has 5 nitrogen and oxygen atoms in total. The van der Waals surface area contributed by atoms with Crippen LogP contribution >= 0.6 is 0 Å². The predicted molar refractivity (Wildman–Crippen MR) is 112 cm³/mol. The number of carbonyl (C=O) groups excluding carboxylic acids is 1. The number of hydrogen-bond donors (Lipinski definition) is 0. The van der Waals surface area contributed by atoms with E-state index in [0.717, 1.165) is 36.5 Å². The summed E-state index contributed by atoms with van der Waals surface area (Å²) in [5.74, 6) is -0.175. The molecule has 1 saturated heterocycles. The fraction of sp³-hybridized carbons (Fsp3) is 0.304. The van der Waals surface area contributed by atoms with Crippen molar-refractivity contribution in [2.24, 2.45) is 0 Å². The average molecular weight is 392 g/mol. The van der Waals surface area contributed by atoms with Gasteiger partial charge in [0.1, 0.15) is 5.82 Å². The molecule has 4 rings (SSSR count). The molecule has 1 aromatic heterocycles. The fourth-order valence-corrected chi connectivity index (χ4v) is 3.79. The zero-order valence-corrected chi connectivity index (χ0v) is 16.8. The van der Waals surface area contributed by atoms with E-state index in [9.17, 15) is 9.18 Å². The van der Waals surface area contributed by atoms with Crippen LogP contribution in [0.2, 0.25) is 0 Å². The summed E-state index contributed by atoms with van der Waals surface area (Å²) >= 11 is 0. The number of halogens is 1. The molecule has 3 aromatic rings. The first-order chi connectivity index (χ1) is 14.0. The molecular formula is C23H25FN4O. The van der Waals surface area contributed by atoms with Gasteiger partial charge in [-0.05, 0) is 61.4 Å². The molecule has 1 atom stereocenters. The van der Waals surface area contributed by atoms with Gasteiger partial charge in [0.2, 0.25) is 0 Å². The number of carbonyl (C=O) groups is 1. The first-order valence-electron chi connectivity index (χ1n) is 9.88. The van der Waals surface area contributed by atoms with Gasteiger partial charge < -0.3 is 14.4 Å². The lowest BCUT2D eigenvalue weighted by Crippen LogP contribution is -2.39. The zero-order valence-electron chi connectivity index (χ0n) is 16.8. The van der Waals surface area contributed by atoms with Crippen molar-refractivity contribution in [1.29, 1.82) is 0 Å². The maximum absolute atomic E-state index is 13.1. The largest absolute Gasteiger partial charge is 0.378 e. The Morgan fingerprint density at radius 2 is 1.83 bits per heavy atom. The highest BCUT2D eigenvalue weighted by Crippen LogP contribution is 2.27. The standard InChI is InChI=1S/C23H25FN4O/c1-26(2)20-9-11-21(12-10-20)28-15-22(25-16-28)18-4-3-13-27(14-18)23(29)17-5-7-19(24)8-6-17/h5-12,15-16,18H,3-4,13-14H2,1-2H3/t18-/m0/s1. The van der Waals surface area contributed by atoms with Gasteiger partial charge in [-0.25, -0.2) is 9.37 Å². The number of piperidine rings is 1. The number of benzene rings is 2. The monoisotopic (exact) mass is 392 g/mol. The minimum Gasteiger partial charge on any atom is -0.378 e. The summed E-state index contributed by atoms with van der Waals surface area (Å²) in [5.41, 5.74) is 3.73. The molecule has 1 amide bonds. The Morgan fingerprint density at radius 1 is 1.10 bits per heavy atom. The molecule has 0 radical (unpaired) electrons. The SMILES string of the molecule is CN(C)c1ccc(-n2cnc([C@H]3CCCN(C(=O)c4ccc(F)cc4)C3)c2)cc1. The van der Waals surface area contributed by atoms with Gasteiger partial charge in [0.15, 0.2) is 0 Å². The van der Waals surface area contributed by atoms with E-state index in [4.69, 9.17) is 0 Å². The summed E-state index contributed by atoms with van der Waals surface area (Å²) in [7, 11) is 4.04. The van der Waals surface area contributed by atoms with Gasteiger partial charge in [-0.2, -0.15) is 0 Å². The van der Waals surface area contributed by atoms with E-state index in [1.54, 1.807) is 12.1 Å². The Bertz CT molecular complexity index is 979. The number of aromatic nitrogens is 2. The highest BCUT2D eigenvalue weighted by atomic mass is 19.1. The molecule has 1 fully saturated rings. The van der Waals surface area contributed by atoms with Crippen LogP contribution in [0, 0.1) is 5.82 Å². The smallest absolute Gasteiger partial charge is 0.253 e. The summed E-state index contributed by atoms with van der Waals surface area (Å²) in [5, 5.41) is 0. The van der Waals surface area contributed by atoms with Crippen LogP contribution < -0.4 is 4.90 Å². The van der Waals surface area contributed by atoms with E-state index in [0.29, 0.717) is 12.1 Å². The first kappa shape index (κ1) is 19.2. The van der Waals surface area contributed by atoms with Gasteiger partial charge in [0.25, 0.3) is 5.91 Å². The first-order valence-corrected chi connectivity index (χ1v) is 9.88. The van der Waals surface area contributed by atoms with Gasteiger partial charge >= 0.3 is 0 Å². The molecule has 2 aromatic carbocycles. The highest BCUT2D eigenvalue weighted by Gasteiger charge is 2.27. The highest BCUT2D eigenvalue weighted by molar-refractivity contribution is 5.94. The Labute approximate surface area is 170 Å². The van der Waals surface area contributed by atoms with Crippen LogP contribution in [0.5, 0.6) is 0 Å². The van der Waals surface area contributed by atoms with Gasteiger partial charge in [-0.1, -0.05) is 0 Å². The van der Waals surface area contributed by atoms with Gasteiger partial charge in [-0.15, -0.1) is 0 Å². The third-order valence-electron chi connectivity index (χ3n) is 5.48. The Balaban J connectivity index is 1.47. The van der Waals surface area contributed by atoms with Crippen molar-refractivity contribution in [3.05, 3.63) is 78.1 Å². The number of amides is 1. The lowest BCUT2D eigenvalue weighted by atomic mass is 9.94. The second-order valence-corrected chi connectivity index (χ2v) is 7.71. The molecule has 0 N–H and O–H groups in total. The van der Waals surface area contributed by atoms with Crippen LogP contribution in [-0.4, -0.2) is 47.5 Å². The molecular weight excluding hydrogens is 367 g/mol. The summed E-state index contributed by atoms with van der Waals surface area (Å²) < 4.78 is 15.2. The number of rotatable bonds is 4. The quantitative estimate of drug-likeness (QED) is 0.671. The molecule has 1 aliphatic rings. The molecule has 0 spiro atoms. The van der Waals surface area contributed by atoms with Crippen LogP contribution in [0.15, 0.2) is 61.1 Å². The number of anilines is 1. The third kappa shape index (κ3) is 4.16. The van der Waals surface area contributed by atoms with E-state index in [2.05, 4.69) is 40.3 Å². The lowest BCUT2D eigenvalue weighted by molar-refractivity contribution is 0.0706. The Morgan fingerprint density at radius 3 is 2.52 bits per heavy atom. The van der Waals surface area contributed by atoms with Crippen molar-refractivity contribution in [3.63, 3.8) is 0 Å². The van der Waals surface area contributed by atoms with E-state index in [-0.39, 0.29) is 17.6 Å². The number of likely N-dealkylation sites (tertiary alicyclic amines) is 1. The minimum absolute atomic E-state index is 0.0478. The van der Waals surface area contributed by atoms with Crippen molar-refractivity contribution >= 4 is 11.6 Å². The summed E-state index contributed by atoms with van der Waals surface area (Å²) in [6, 6.07) is 14.1. The zero-order chi connectivity index (χ0) is 20.4. The lowest BCUT2D eigenvalue weighted by Gasteiger charge is -2.32. The van der Waals surface area contributed by atoms with Crippen LogP contribution in [0.4, 0.5) is 10.1 Å². The van der Waals surface area contributed by atoms with Crippen molar-refractivity contribution in [3.8, 4) is 5.69 Å². The second kappa shape index (κ2) is 8.07. The fourth-order valence-electron chi connectivity index (χ4n) is 3.79. The number of nitrogens with zero attached hydrogens (tertiary/aromatic N) is 4. The van der Waals surface area contributed by atoms with Crippen molar-refractivity contribution in [2.45, 2.75) is 18.8 Å². The predicted octanol–water partition coefficient (Wildman–Crippen LogP) is 4.10. The van der Waals surface area contributed by atoms with E-state index in [1.165, 1.54) is 12.1 Å². The average Bonchev–Trinajstić information content (AvgIpc) is 3.24. The topological polar surface area (TPSA) is 41.4 Å². The maximum Gasteiger partial charge on any atom is 0.253 e. The van der Waals surface area contributed by atoms with Gasteiger partial charge in [0.05, 0.1) is 12.0 Å². The number of hydrogen-bond acceptors (Lipinski definition) is 3. The molecule has 0 bridgehead atoms. The van der Waals surface area contributed by atoms with Gasteiger partial charge in [-0.3, -0.25) is 4.79 Å². The molecule has 0 aliphatic carbocycles. The molecule has 2 heterocycles. The van der Waals surface area contributed by atoms with E-state index in [1.807, 2.05) is 29.9 Å². The Kier molecular flexibility index (Phi) is 5.34. The van der Waals surface area contributed by atoms with Crippen molar-refractivity contribution in [2.75, 3.05) is 32.1 Å². The molecule has 0 saturated carbocycles. The molecule has 6 heteroatoms. The second-order valence-electron chi connectivity index (χ2n) is 7.71. The minimum atomic E-state index is -0.331. The van der Waals surface area contributed by atoms with E-state index < -0.39 is 0 Å². The number of imidazole rings is 1. The third-order valence-corrected chi connectivity index (χ3v) is 5.48. The van der Waals surface area contributed by atoms with Crippen LogP contribution in [0.25, 0.3) is 5.69 Å². The van der Waals surface area contributed by atoms with Gasteiger partial charge in [0, 0.05) is 56.2 Å². The molecule has 0 unspecified atom stereocenters. The van der Waals surface area contributed by atoms with E-state index >= 15 is 0 Å². The molecule has 150 valence electrons. The van der Waals surface area contributed by atoms with Crippen molar-refractivity contribution in [1.82, 2.24) is 14.5 Å². The normalized spacial score (nSPS) is 16.7. The summed E-state index contributed by atoms with van der Waals surface area (Å²) in [6.07, 6.45) is 5.83. The van der Waals surface area contributed by atoms with Crippen molar-refractivity contribution < 1.29 is 9.18 Å². The summed E-state index contributed by atoms with van der Waals surface area (Å²) in [6.45, 7) is 1.35. The van der Waals surface area contributed by atoms with Crippen LogP contribution in [0.3, 0.4) is 0 Å². The molecule has 1 aliphatic heterocycles. The summed E-state index contributed by atoms with van der Waals surface area (Å²) in [4.78, 5) is 21.3. The van der Waals surface area contributed by atoms with Crippen LogP contribution in [0.1, 0.15) is 34.8 Å². The van der Waals surface area contributed by atoms with Crippen LogP contribution in [-0.2, 0) is 0 Å². The maximum atomic E-state index is 13.1. The molecule has 29 heavy (non-hydrogen) atoms.